The fraction of sp³-hybridized carbons (Fsp3) is 0.154. The number of rotatable bonds is 10. The number of hydrogen-bond donors (Lipinski definition) is 1. The van der Waals surface area contributed by atoms with Crippen molar-refractivity contribution in [1.82, 2.24) is 20.4 Å². The van der Waals surface area contributed by atoms with Crippen molar-refractivity contribution in [1.29, 1.82) is 0 Å². The van der Waals surface area contributed by atoms with Crippen molar-refractivity contribution in [3.05, 3.63) is 179 Å². The molecule has 0 unspecified atom stereocenters. The van der Waals surface area contributed by atoms with Crippen LogP contribution in [-0.2, 0) is 10.8 Å². The zero-order valence-electron chi connectivity index (χ0n) is 34.3. The van der Waals surface area contributed by atoms with Crippen LogP contribution in [0, 0.1) is 0 Å². The third kappa shape index (κ3) is 9.54. The van der Waals surface area contributed by atoms with Crippen LogP contribution in [0.15, 0.2) is 154 Å². The summed E-state index contributed by atoms with van der Waals surface area (Å²) in [4.78, 5) is 0. The minimum atomic E-state index is 0.0904. The van der Waals surface area contributed by atoms with Crippen LogP contribution in [-0.4, -0.2) is 20.4 Å². The number of anilines is 2. The Labute approximate surface area is 346 Å². The molecule has 0 amide bonds. The maximum atomic E-state index is 6.02. The summed E-state index contributed by atoms with van der Waals surface area (Å²) < 4.78 is 12.0. The normalized spacial score (nSPS) is 12.1. The monoisotopic (exact) mass is 773 g/mol. The summed E-state index contributed by atoms with van der Waals surface area (Å²) in [5.41, 5.74) is 12.7. The Bertz CT molecular complexity index is 2500. The van der Waals surface area contributed by atoms with E-state index in [0.29, 0.717) is 23.6 Å². The van der Waals surface area contributed by atoms with E-state index in [-0.39, 0.29) is 10.8 Å². The lowest BCUT2D eigenvalue weighted by molar-refractivity contribution is 0.582. The molecule has 1 N–H and O–H groups in total. The van der Waals surface area contributed by atoms with Crippen LogP contribution in [0.2, 0.25) is 0 Å². The lowest BCUT2D eigenvalue weighted by Gasteiger charge is -2.18. The molecule has 0 radical (unpaired) electrons. The van der Waals surface area contributed by atoms with E-state index in [1.165, 1.54) is 11.1 Å². The Morgan fingerprint density at radius 1 is 0.339 bits per heavy atom. The van der Waals surface area contributed by atoms with Crippen molar-refractivity contribution < 1.29 is 8.83 Å². The molecular weight excluding hydrogens is 727 g/mol. The van der Waals surface area contributed by atoms with Crippen LogP contribution in [0.1, 0.15) is 74.9 Å². The summed E-state index contributed by atoms with van der Waals surface area (Å²) in [7, 11) is 0. The highest BCUT2D eigenvalue weighted by Crippen LogP contribution is 2.30. The van der Waals surface area contributed by atoms with E-state index in [1.807, 2.05) is 48.5 Å². The van der Waals surface area contributed by atoms with Crippen molar-refractivity contribution >= 4 is 35.7 Å². The van der Waals surface area contributed by atoms with Crippen LogP contribution < -0.4 is 5.32 Å². The Kier molecular flexibility index (Phi) is 10.8. The van der Waals surface area contributed by atoms with Gasteiger partial charge in [0.05, 0.1) is 0 Å². The summed E-state index contributed by atoms with van der Waals surface area (Å²) in [5.74, 6) is 2.03. The average Bonchev–Trinajstić information content (AvgIpc) is 3.95. The van der Waals surface area contributed by atoms with Gasteiger partial charge in [-0.3, -0.25) is 0 Å². The number of nitrogens with one attached hydrogen (secondary N) is 1. The second kappa shape index (κ2) is 16.4. The van der Waals surface area contributed by atoms with E-state index in [0.717, 1.165) is 55.9 Å². The summed E-state index contributed by atoms with van der Waals surface area (Å²) in [6.07, 6.45) is 8.41. The third-order valence-corrected chi connectivity index (χ3v) is 10.2. The first-order chi connectivity index (χ1) is 28.4. The number of aromatic nitrogens is 4. The molecule has 0 aliphatic heterocycles. The first-order valence-electron chi connectivity index (χ1n) is 19.9. The van der Waals surface area contributed by atoms with Gasteiger partial charge in [-0.05, 0) is 117 Å². The number of hydrogen-bond acceptors (Lipinski definition) is 7. The molecule has 0 saturated carbocycles. The zero-order valence-corrected chi connectivity index (χ0v) is 34.3. The topological polar surface area (TPSA) is 89.9 Å². The molecule has 0 atom stereocenters. The minimum Gasteiger partial charge on any atom is -0.416 e. The van der Waals surface area contributed by atoms with Crippen molar-refractivity contribution in [3.8, 4) is 45.8 Å². The van der Waals surface area contributed by atoms with Crippen LogP contribution >= 0.6 is 0 Å². The lowest BCUT2D eigenvalue weighted by atomic mass is 9.87. The highest BCUT2D eigenvalue weighted by Gasteiger charge is 2.17. The molecule has 2 heterocycles. The Hall–Kier alpha value is -7.12. The summed E-state index contributed by atoms with van der Waals surface area (Å²) in [6, 6.07) is 49.6. The van der Waals surface area contributed by atoms with Gasteiger partial charge in [0, 0.05) is 33.6 Å². The molecule has 59 heavy (non-hydrogen) atoms. The largest absolute Gasteiger partial charge is 0.416 e. The fourth-order valence-corrected chi connectivity index (χ4v) is 6.52. The van der Waals surface area contributed by atoms with Gasteiger partial charge in [-0.1, -0.05) is 139 Å². The Morgan fingerprint density at radius 2 is 0.576 bits per heavy atom. The van der Waals surface area contributed by atoms with Crippen molar-refractivity contribution in [3.63, 3.8) is 0 Å². The second-order valence-corrected chi connectivity index (χ2v) is 16.8. The van der Waals surface area contributed by atoms with Crippen molar-refractivity contribution in [2.45, 2.75) is 52.4 Å². The molecule has 0 bridgehead atoms. The van der Waals surface area contributed by atoms with Crippen LogP contribution in [0.3, 0.4) is 0 Å². The van der Waals surface area contributed by atoms with Gasteiger partial charge in [-0.15, -0.1) is 20.4 Å². The molecule has 292 valence electrons. The molecule has 8 aromatic rings. The van der Waals surface area contributed by atoms with E-state index >= 15 is 0 Å². The Balaban J connectivity index is 0.819. The van der Waals surface area contributed by atoms with E-state index in [9.17, 15) is 0 Å². The molecule has 0 aliphatic rings. The van der Waals surface area contributed by atoms with E-state index < -0.39 is 0 Å². The highest BCUT2D eigenvalue weighted by atomic mass is 16.4. The minimum absolute atomic E-state index is 0.0904. The highest BCUT2D eigenvalue weighted by molar-refractivity contribution is 5.74. The zero-order chi connectivity index (χ0) is 41.0. The number of benzene rings is 6. The van der Waals surface area contributed by atoms with Crippen molar-refractivity contribution in [2.75, 3.05) is 5.32 Å². The standard InChI is InChI=1S/C52H47N5O2/c1-51(2,3)43-27-23-41(24-28-43)49-56-54-47(58-49)39-19-11-35(12-20-39)7-9-37-15-31-45(32-16-37)53-46-33-17-38(18-34-46)10-8-36-13-21-40(22-14-36)48-55-57-50(59-48)42-25-29-44(30-26-42)52(4,5)6/h7-34,53H,1-6H3/b9-7+,10-8+. The lowest BCUT2D eigenvalue weighted by Crippen LogP contribution is -2.10. The molecular formula is C52H47N5O2. The average molecular weight is 774 g/mol. The third-order valence-electron chi connectivity index (χ3n) is 10.2. The SMILES string of the molecule is CC(C)(C)c1ccc(-c2nnc(-c3ccc(/C=C/c4ccc(Nc5ccc(/C=C/c6ccc(-c7nnc(-c8ccc(C(C)(C)C)cc8)o7)cc6)cc5)cc4)cc3)o2)cc1. The second-order valence-electron chi connectivity index (χ2n) is 16.8. The van der Waals surface area contributed by atoms with Gasteiger partial charge in [0.25, 0.3) is 0 Å². The maximum Gasteiger partial charge on any atom is 0.248 e. The molecule has 0 saturated heterocycles. The van der Waals surface area contributed by atoms with Gasteiger partial charge in [0.1, 0.15) is 0 Å². The Morgan fingerprint density at radius 3 is 0.831 bits per heavy atom. The van der Waals surface area contributed by atoms with Gasteiger partial charge in [-0.2, -0.15) is 0 Å². The molecule has 0 aliphatic carbocycles. The molecule has 7 heteroatoms. The predicted molar refractivity (Wildman–Crippen MR) is 242 cm³/mol. The first-order valence-corrected chi connectivity index (χ1v) is 19.9. The van der Waals surface area contributed by atoms with E-state index in [2.05, 4.69) is 189 Å². The van der Waals surface area contributed by atoms with Crippen molar-refractivity contribution in [2.24, 2.45) is 0 Å². The van der Waals surface area contributed by atoms with Gasteiger partial charge >= 0.3 is 0 Å². The summed E-state index contributed by atoms with van der Waals surface area (Å²) in [6.45, 7) is 13.2. The quantitative estimate of drug-likeness (QED) is 0.138. The first kappa shape index (κ1) is 38.7. The van der Waals surface area contributed by atoms with Gasteiger partial charge in [-0.25, -0.2) is 0 Å². The van der Waals surface area contributed by atoms with Crippen LogP contribution in [0.5, 0.6) is 0 Å². The molecule has 0 spiro atoms. The molecule has 2 aromatic heterocycles. The van der Waals surface area contributed by atoms with Gasteiger partial charge in [0.15, 0.2) is 0 Å². The van der Waals surface area contributed by atoms with E-state index in [4.69, 9.17) is 8.83 Å². The smallest absolute Gasteiger partial charge is 0.248 e. The molecule has 8 rings (SSSR count). The summed E-state index contributed by atoms with van der Waals surface area (Å²) in [5, 5.41) is 20.7. The predicted octanol–water partition coefficient (Wildman–Crippen LogP) is 13.8. The number of nitrogens with zero attached hydrogens (tertiary/aromatic N) is 4. The fourth-order valence-electron chi connectivity index (χ4n) is 6.52. The van der Waals surface area contributed by atoms with Gasteiger partial charge in [0.2, 0.25) is 23.6 Å². The van der Waals surface area contributed by atoms with Crippen LogP contribution in [0.25, 0.3) is 70.1 Å². The van der Waals surface area contributed by atoms with Gasteiger partial charge < -0.3 is 14.2 Å². The molecule has 0 fully saturated rings. The maximum absolute atomic E-state index is 6.02. The van der Waals surface area contributed by atoms with E-state index in [1.54, 1.807) is 0 Å². The molecule has 7 nitrogen and oxygen atoms in total. The molecule has 6 aromatic carbocycles. The van der Waals surface area contributed by atoms with Crippen LogP contribution in [0.4, 0.5) is 11.4 Å². The summed E-state index contributed by atoms with van der Waals surface area (Å²) >= 11 is 0.